The maximum absolute atomic E-state index is 12.9. The largest absolute Gasteiger partial charge is 0.497 e. The molecule has 1 heterocycles. The van der Waals surface area contributed by atoms with E-state index in [4.69, 9.17) is 14.2 Å². The van der Waals surface area contributed by atoms with Crippen LogP contribution in [0.2, 0.25) is 0 Å². The molecular formula is C20H23NO5. The first kappa shape index (κ1) is 18.1. The monoisotopic (exact) mass is 357 g/mol. The van der Waals surface area contributed by atoms with Gasteiger partial charge in [-0.1, -0.05) is 6.07 Å². The predicted molar refractivity (Wildman–Crippen MR) is 98.2 cm³/mol. The van der Waals surface area contributed by atoms with E-state index in [-0.39, 0.29) is 12.3 Å². The quantitative estimate of drug-likeness (QED) is 0.891. The van der Waals surface area contributed by atoms with Crippen molar-refractivity contribution in [1.82, 2.24) is 0 Å². The van der Waals surface area contributed by atoms with E-state index in [1.807, 2.05) is 18.2 Å². The maximum atomic E-state index is 12.9. The molecule has 1 N–H and O–H groups in total. The van der Waals surface area contributed by atoms with E-state index >= 15 is 0 Å². The van der Waals surface area contributed by atoms with Gasteiger partial charge < -0.3 is 24.2 Å². The van der Waals surface area contributed by atoms with E-state index in [0.29, 0.717) is 30.2 Å². The normalized spacial score (nSPS) is 16.0. The first-order chi connectivity index (χ1) is 12.6. The molecule has 0 saturated carbocycles. The number of ether oxygens (including phenoxy) is 3. The van der Waals surface area contributed by atoms with Crippen LogP contribution in [0.1, 0.15) is 23.7 Å². The van der Waals surface area contributed by atoms with Gasteiger partial charge in [-0.25, -0.2) is 0 Å². The van der Waals surface area contributed by atoms with E-state index in [0.717, 1.165) is 16.8 Å². The summed E-state index contributed by atoms with van der Waals surface area (Å²) >= 11 is 0. The molecule has 26 heavy (non-hydrogen) atoms. The van der Waals surface area contributed by atoms with Crippen LogP contribution in [0.15, 0.2) is 36.4 Å². The number of hydrogen-bond acceptors (Lipinski definition) is 5. The van der Waals surface area contributed by atoms with Crippen LogP contribution in [0.5, 0.6) is 17.2 Å². The second-order valence-electron chi connectivity index (χ2n) is 6.14. The number of rotatable bonds is 5. The molecule has 1 aliphatic rings. The van der Waals surface area contributed by atoms with Crippen LogP contribution >= 0.6 is 0 Å². The van der Waals surface area contributed by atoms with Gasteiger partial charge in [-0.2, -0.15) is 0 Å². The summed E-state index contributed by atoms with van der Waals surface area (Å²) in [4.78, 5) is 14.6. The van der Waals surface area contributed by atoms with Gasteiger partial charge in [0.1, 0.15) is 5.75 Å². The van der Waals surface area contributed by atoms with Crippen molar-refractivity contribution >= 4 is 11.6 Å². The average molecular weight is 357 g/mol. The number of carbonyl (C=O) groups excluding carboxylic acids is 1. The van der Waals surface area contributed by atoms with Crippen molar-refractivity contribution in [3.8, 4) is 17.2 Å². The van der Waals surface area contributed by atoms with Crippen LogP contribution in [-0.4, -0.2) is 38.9 Å². The fraction of sp³-hybridized carbons (Fsp3) is 0.350. The highest BCUT2D eigenvalue weighted by Crippen LogP contribution is 2.36. The predicted octanol–water partition coefficient (Wildman–Crippen LogP) is 2.73. The van der Waals surface area contributed by atoms with Crippen LogP contribution in [0, 0.1) is 0 Å². The number of anilines is 1. The smallest absolute Gasteiger partial charge is 0.231 e. The van der Waals surface area contributed by atoms with E-state index < -0.39 is 6.10 Å². The van der Waals surface area contributed by atoms with Crippen molar-refractivity contribution in [3.05, 3.63) is 47.5 Å². The molecule has 6 heteroatoms. The van der Waals surface area contributed by atoms with E-state index in [9.17, 15) is 9.90 Å². The number of nitrogens with zero attached hydrogens (tertiary/aromatic N) is 1. The number of carbonyl (C=O) groups is 1. The lowest BCUT2D eigenvalue weighted by Crippen LogP contribution is -2.37. The number of aliphatic hydroxyl groups excluding tert-OH is 1. The van der Waals surface area contributed by atoms with Gasteiger partial charge in [-0.3, -0.25) is 4.79 Å². The molecule has 1 unspecified atom stereocenters. The molecule has 138 valence electrons. The summed E-state index contributed by atoms with van der Waals surface area (Å²) in [5.41, 5.74) is 2.29. The zero-order chi connectivity index (χ0) is 18.7. The highest BCUT2D eigenvalue weighted by Gasteiger charge is 2.28. The Morgan fingerprint density at radius 2 is 1.85 bits per heavy atom. The molecule has 0 aromatic heterocycles. The van der Waals surface area contributed by atoms with Crippen molar-refractivity contribution < 1.29 is 24.1 Å². The van der Waals surface area contributed by atoms with Crippen molar-refractivity contribution in [1.29, 1.82) is 0 Å². The molecule has 0 aliphatic carbocycles. The highest BCUT2D eigenvalue weighted by atomic mass is 16.5. The molecule has 3 rings (SSSR count). The Kier molecular flexibility index (Phi) is 5.32. The van der Waals surface area contributed by atoms with Crippen molar-refractivity contribution in [2.24, 2.45) is 0 Å². The van der Waals surface area contributed by atoms with Gasteiger partial charge in [-0.05, 0) is 42.3 Å². The Morgan fingerprint density at radius 1 is 1.08 bits per heavy atom. The third-order valence-corrected chi connectivity index (χ3v) is 4.61. The second kappa shape index (κ2) is 7.66. The Balaban J connectivity index is 1.84. The Hall–Kier alpha value is -2.73. The molecule has 1 amide bonds. The first-order valence-electron chi connectivity index (χ1n) is 8.44. The first-order valence-corrected chi connectivity index (χ1v) is 8.44. The molecule has 0 radical (unpaired) electrons. The van der Waals surface area contributed by atoms with Crippen LogP contribution in [0.25, 0.3) is 0 Å². The Bertz CT molecular complexity index is 805. The summed E-state index contributed by atoms with van der Waals surface area (Å²) in [5, 5.41) is 10.3. The molecule has 6 nitrogen and oxygen atoms in total. The molecular weight excluding hydrogens is 334 g/mol. The highest BCUT2D eigenvalue weighted by molar-refractivity contribution is 5.96. The van der Waals surface area contributed by atoms with Gasteiger partial charge >= 0.3 is 0 Å². The van der Waals surface area contributed by atoms with Crippen LogP contribution in [0.3, 0.4) is 0 Å². The van der Waals surface area contributed by atoms with Crippen molar-refractivity contribution in [2.45, 2.75) is 18.9 Å². The standard InChI is InChI=1S/C20H23NO5/c1-24-14-5-6-16-15(12-14)17(22)8-9-21(16)20(23)11-13-4-7-18(25-2)19(10-13)26-3/h4-7,10,12,17,22H,8-9,11H2,1-3H3. The summed E-state index contributed by atoms with van der Waals surface area (Å²) in [6.07, 6.45) is 0.143. The zero-order valence-electron chi connectivity index (χ0n) is 15.2. The van der Waals surface area contributed by atoms with Crippen LogP contribution < -0.4 is 19.1 Å². The third-order valence-electron chi connectivity index (χ3n) is 4.61. The lowest BCUT2D eigenvalue weighted by Gasteiger charge is -2.32. The molecule has 2 aromatic rings. The number of benzene rings is 2. The van der Waals surface area contributed by atoms with E-state index in [2.05, 4.69) is 0 Å². The van der Waals surface area contributed by atoms with Gasteiger partial charge in [0.05, 0.1) is 33.9 Å². The topological polar surface area (TPSA) is 68.2 Å². The van der Waals surface area contributed by atoms with Gasteiger partial charge in [0.25, 0.3) is 0 Å². The number of fused-ring (bicyclic) bond motifs is 1. The fourth-order valence-electron chi connectivity index (χ4n) is 3.22. The molecule has 0 bridgehead atoms. The minimum absolute atomic E-state index is 0.0319. The van der Waals surface area contributed by atoms with Crippen molar-refractivity contribution in [3.63, 3.8) is 0 Å². The second-order valence-corrected chi connectivity index (χ2v) is 6.14. The Labute approximate surface area is 152 Å². The van der Waals surface area contributed by atoms with Gasteiger partial charge in [0.15, 0.2) is 11.5 Å². The molecule has 1 aliphatic heterocycles. The Morgan fingerprint density at radius 3 is 2.54 bits per heavy atom. The lowest BCUT2D eigenvalue weighted by molar-refractivity contribution is -0.118. The zero-order valence-corrected chi connectivity index (χ0v) is 15.2. The SMILES string of the molecule is COc1ccc2c(c1)C(O)CCN2C(=O)Cc1ccc(OC)c(OC)c1. The third kappa shape index (κ3) is 3.46. The molecule has 1 atom stereocenters. The molecule has 0 spiro atoms. The lowest BCUT2D eigenvalue weighted by atomic mass is 9.97. The number of methoxy groups -OCH3 is 3. The minimum atomic E-state index is -0.592. The molecule has 0 fully saturated rings. The average Bonchev–Trinajstić information content (AvgIpc) is 2.67. The minimum Gasteiger partial charge on any atom is -0.497 e. The summed E-state index contributed by atoms with van der Waals surface area (Å²) < 4.78 is 15.8. The molecule has 2 aromatic carbocycles. The van der Waals surface area contributed by atoms with Crippen molar-refractivity contribution in [2.75, 3.05) is 32.8 Å². The number of amides is 1. The van der Waals surface area contributed by atoms with Crippen LogP contribution in [-0.2, 0) is 11.2 Å². The fourth-order valence-corrected chi connectivity index (χ4v) is 3.22. The summed E-state index contributed by atoms with van der Waals surface area (Å²) in [6.45, 7) is 0.479. The summed E-state index contributed by atoms with van der Waals surface area (Å²) in [5.74, 6) is 1.85. The number of aliphatic hydroxyl groups is 1. The van der Waals surface area contributed by atoms with Gasteiger partial charge in [0, 0.05) is 17.8 Å². The number of hydrogen-bond donors (Lipinski definition) is 1. The summed E-state index contributed by atoms with van der Waals surface area (Å²) in [6, 6.07) is 10.9. The maximum Gasteiger partial charge on any atom is 0.231 e. The van der Waals surface area contributed by atoms with E-state index in [1.165, 1.54) is 0 Å². The molecule has 0 saturated heterocycles. The van der Waals surface area contributed by atoms with Crippen LogP contribution in [0.4, 0.5) is 5.69 Å². The van der Waals surface area contributed by atoms with Gasteiger partial charge in [0.2, 0.25) is 5.91 Å². The van der Waals surface area contributed by atoms with E-state index in [1.54, 1.807) is 44.4 Å². The summed E-state index contributed by atoms with van der Waals surface area (Å²) in [7, 11) is 4.73. The van der Waals surface area contributed by atoms with Gasteiger partial charge in [-0.15, -0.1) is 0 Å².